The van der Waals surface area contributed by atoms with Crippen molar-refractivity contribution in [2.24, 2.45) is 0 Å². The second kappa shape index (κ2) is 3.81. The lowest BCUT2D eigenvalue weighted by Crippen LogP contribution is -2.48. The highest BCUT2D eigenvalue weighted by Crippen LogP contribution is 2.30. The minimum Gasteiger partial charge on any atom is -0.317 e. The minimum atomic E-state index is 0.0156. The summed E-state index contributed by atoms with van der Waals surface area (Å²) in [7, 11) is 2.13. The molecular formula is C14H16N4O. The van der Waals surface area contributed by atoms with Gasteiger partial charge in [-0.15, -0.1) is 0 Å². The van der Waals surface area contributed by atoms with Crippen LogP contribution in [0.2, 0.25) is 0 Å². The Labute approximate surface area is 111 Å². The number of carbonyl (C=O) groups is 1. The van der Waals surface area contributed by atoms with Crippen LogP contribution in [0.1, 0.15) is 6.42 Å². The van der Waals surface area contributed by atoms with E-state index in [1.54, 1.807) is 6.20 Å². The fraction of sp³-hybridized carbons (Fsp3) is 0.429. The van der Waals surface area contributed by atoms with E-state index in [0.29, 0.717) is 12.1 Å². The lowest BCUT2D eigenvalue weighted by molar-refractivity contribution is 0.151. The minimum absolute atomic E-state index is 0.0156. The molecule has 2 saturated heterocycles. The number of nitrogens with zero attached hydrogens (tertiary/aromatic N) is 4. The Balaban J connectivity index is 1.68. The number of likely N-dealkylation sites (N-methyl/N-ethyl adjacent to an activating group) is 1. The van der Waals surface area contributed by atoms with Crippen LogP contribution in [0.15, 0.2) is 30.5 Å². The molecule has 98 valence electrons. The zero-order chi connectivity index (χ0) is 13.0. The van der Waals surface area contributed by atoms with Gasteiger partial charge in [-0.25, -0.2) is 4.79 Å². The number of para-hydroxylation sites is 1. The maximum Gasteiger partial charge on any atom is 0.345 e. The van der Waals surface area contributed by atoms with Crippen molar-refractivity contribution in [3.05, 3.63) is 30.5 Å². The van der Waals surface area contributed by atoms with Crippen LogP contribution < -0.4 is 0 Å². The maximum absolute atomic E-state index is 12.6. The first-order valence-corrected chi connectivity index (χ1v) is 6.68. The highest BCUT2D eigenvalue weighted by atomic mass is 16.2. The SMILES string of the molecule is CN1C[C@@H]2C[C@H]1CN2C(=O)n1ncc2ccccc21. The number of carbonyl (C=O) groups excluding carboxylic acids is 1. The van der Waals surface area contributed by atoms with E-state index in [4.69, 9.17) is 0 Å². The van der Waals surface area contributed by atoms with E-state index in [1.165, 1.54) is 4.68 Å². The molecule has 1 aromatic heterocycles. The molecule has 0 N–H and O–H groups in total. The molecular weight excluding hydrogens is 240 g/mol. The first kappa shape index (κ1) is 11.0. The number of amides is 1. The van der Waals surface area contributed by atoms with Gasteiger partial charge in [-0.1, -0.05) is 18.2 Å². The predicted molar refractivity (Wildman–Crippen MR) is 72.1 cm³/mol. The summed E-state index contributed by atoms with van der Waals surface area (Å²) < 4.78 is 1.54. The zero-order valence-electron chi connectivity index (χ0n) is 10.9. The summed E-state index contributed by atoms with van der Waals surface area (Å²) in [6.07, 6.45) is 2.86. The van der Waals surface area contributed by atoms with Crippen LogP contribution in [-0.2, 0) is 0 Å². The van der Waals surface area contributed by atoms with Gasteiger partial charge >= 0.3 is 6.03 Å². The molecule has 0 radical (unpaired) electrons. The van der Waals surface area contributed by atoms with Gasteiger partial charge in [-0.05, 0) is 19.5 Å². The molecule has 0 aliphatic carbocycles. The van der Waals surface area contributed by atoms with Crippen molar-refractivity contribution in [3.8, 4) is 0 Å². The third-order valence-corrected chi connectivity index (χ3v) is 4.42. The molecule has 2 bridgehead atoms. The number of benzene rings is 1. The Kier molecular flexibility index (Phi) is 2.20. The normalized spacial score (nSPS) is 26.5. The Hall–Kier alpha value is -1.88. The van der Waals surface area contributed by atoms with Crippen molar-refractivity contribution in [1.82, 2.24) is 19.6 Å². The van der Waals surface area contributed by atoms with Gasteiger partial charge in [-0.3, -0.25) is 4.90 Å². The largest absolute Gasteiger partial charge is 0.345 e. The summed E-state index contributed by atoms with van der Waals surface area (Å²) in [5.41, 5.74) is 0.892. The summed E-state index contributed by atoms with van der Waals surface area (Å²) in [5.74, 6) is 0. The number of aromatic nitrogens is 2. The zero-order valence-corrected chi connectivity index (χ0v) is 10.9. The molecule has 2 aliphatic rings. The smallest absolute Gasteiger partial charge is 0.317 e. The molecule has 19 heavy (non-hydrogen) atoms. The van der Waals surface area contributed by atoms with E-state index < -0.39 is 0 Å². The molecule has 1 amide bonds. The summed E-state index contributed by atoms with van der Waals surface area (Å²) in [6, 6.07) is 8.73. The van der Waals surface area contributed by atoms with Crippen molar-refractivity contribution in [2.75, 3.05) is 20.1 Å². The molecule has 0 saturated carbocycles. The maximum atomic E-state index is 12.6. The van der Waals surface area contributed by atoms with Crippen molar-refractivity contribution in [3.63, 3.8) is 0 Å². The highest BCUT2D eigenvalue weighted by molar-refractivity contribution is 5.90. The second-order valence-corrected chi connectivity index (χ2v) is 5.53. The average Bonchev–Trinajstić information content (AvgIpc) is 3.10. The Morgan fingerprint density at radius 2 is 2.11 bits per heavy atom. The molecule has 2 aliphatic heterocycles. The van der Waals surface area contributed by atoms with Crippen LogP contribution in [-0.4, -0.2) is 57.8 Å². The van der Waals surface area contributed by atoms with Gasteiger partial charge < -0.3 is 4.90 Å². The van der Waals surface area contributed by atoms with Gasteiger partial charge in [0.2, 0.25) is 0 Å². The summed E-state index contributed by atoms with van der Waals surface area (Å²) in [6.45, 7) is 1.81. The standard InChI is InChI=1S/C14H16N4O/c1-16-8-12-6-11(16)9-17(12)14(19)18-13-5-3-2-4-10(13)7-15-18/h2-5,7,11-12H,6,8-9H2,1H3/t11-,12-/m0/s1. The van der Waals surface area contributed by atoms with E-state index in [9.17, 15) is 4.79 Å². The summed E-state index contributed by atoms with van der Waals surface area (Å²) in [5, 5.41) is 5.27. The second-order valence-electron chi connectivity index (χ2n) is 5.53. The lowest BCUT2D eigenvalue weighted by Gasteiger charge is -2.31. The molecule has 2 aromatic rings. The topological polar surface area (TPSA) is 41.4 Å². The van der Waals surface area contributed by atoms with E-state index >= 15 is 0 Å². The quantitative estimate of drug-likeness (QED) is 0.715. The van der Waals surface area contributed by atoms with E-state index in [1.807, 2.05) is 29.2 Å². The monoisotopic (exact) mass is 256 g/mol. The van der Waals surface area contributed by atoms with E-state index in [2.05, 4.69) is 17.0 Å². The molecule has 2 fully saturated rings. The van der Waals surface area contributed by atoms with Crippen LogP contribution in [0.4, 0.5) is 4.79 Å². The van der Waals surface area contributed by atoms with Crippen LogP contribution in [0.3, 0.4) is 0 Å². The number of hydrogen-bond donors (Lipinski definition) is 0. The summed E-state index contributed by atoms with van der Waals surface area (Å²) >= 11 is 0. The van der Waals surface area contributed by atoms with Gasteiger partial charge in [0.25, 0.3) is 0 Å². The molecule has 0 spiro atoms. The third-order valence-electron chi connectivity index (χ3n) is 4.42. The van der Waals surface area contributed by atoms with Crippen LogP contribution in [0, 0.1) is 0 Å². The van der Waals surface area contributed by atoms with Gasteiger partial charge in [0.15, 0.2) is 0 Å². The molecule has 3 heterocycles. The fourth-order valence-electron chi connectivity index (χ4n) is 3.35. The first-order chi connectivity index (χ1) is 9.24. The van der Waals surface area contributed by atoms with Crippen LogP contribution >= 0.6 is 0 Å². The number of hydrogen-bond acceptors (Lipinski definition) is 3. The molecule has 1 aromatic carbocycles. The van der Waals surface area contributed by atoms with Crippen molar-refractivity contribution in [2.45, 2.75) is 18.5 Å². The van der Waals surface area contributed by atoms with Gasteiger partial charge in [0, 0.05) is 30.6 Å². The lowest BCUT2D eigenvalue weighted by atomic mass is 10.2. The Morgan fingerprint density at radius 3 is 2.84 bits per heavy atom. The fourth-order valence-corrected chi connectivity index (χ4v) is 3.35. The predicted octanol–water partition coefficient (Wildman–Crippen LogP) is 1.39. The van der Waals surface area contributed by atoms with Crippen molar-refractivity contribution < 1.29 is 4.79 Å². The highest BCUT2D eigenvalue weighted by Gasteiger charge is 2.44. The first-order valence-electron chi connectivity index (χ1n) is 6.68. The number of fused-ring (bicyclic) bond motifs is 3. The average molecular weight is 256 g/mol. The molecule has 5 nitrogen and oxygen atoms in total. The van der Waals surface area contributed by atoms with Crippen molar-refractivity contribution in [1.29, 1.82) is 0 Å². The van der Waals surface area contributed by atoms with Gasteiger partial charge in [0.1, 0.15) is 0 Å². The molecule has 5 heteroatoms. The Morgan fingerprint density at radius 1 is 1.26 bits per heavy atom. The van der Waals surface area contributed by atoms with E-state index in [0.717, 1.165) is 30.4 Å². The third kappa shape index (κ3) is 1.51. The van der Waals surface area contributed by atoms with Crippen LogP contribution in [0.5, 0.6) is 0 Å². The van der Waals surface area contributed by atoms with Crippen LogP contribution in [0.25, 0.3) is 10.9 Å². The van der Waals surface area contributed by atoms with E-state index in [-0.39, 0.29) is 6.03 Å². The summed E-state index contributed by atoms with van der Waals surface area (Å²) in [4.78, 5) is 16.9. The molecule has 2 atom stereocenters. The molecule has 0 unspecified atom stereocenters. The number of piperazine rings is 1. The number of likely N-dealkylation sites (tertiary alicyclic amines) is 2. The van der Waals surface area contributed by atoms with Crippen molar-refractivity contribution >= 4 is 16.9 Å². The molecule has 4 rings (SSSR count). The van der Waals surface area contributed by atoms with Gasteiger partial charge in [0.05, 0.1) is 11.7 Å². The van der Waals surface area contributed by atoms with Gasteiger partial charge in [-0.2, -0.15) is 9.78 Å². The number of rotatable bonds is 0. The Bertz CT molecular complexity index is 648.